The van der Waals surface area contributed by atoms with E-state index in [0.29, 0.717) is 24.3 Å². The molecular weight excluding hydrogens is 418 g/mol. The lowest BCUT2D eigenvalue weighted by Gasteiger charge is -2.33. The Morgan fingerprint density at radius 1 is 1.39 bits per heavy atom. The Bertz CT molecular complexity index is 1280. The molecule has 2 N–H and O–H groups in total. The van der Waals surface area contributed by atoms with Crippen LogP contribution in [0.4, 0.5) is 5.69 Å². The normalized spacial score (nSPS) is 16.8. The van der Waals surface area contributed by atoms with E-state index in [4.69, 9.17) is 5.26 Å². The molecule has 0 saturated carbocycles. The van der Waals surface area contributed by atoms with Gasteiger partial charge < -0.3 is 15.2 Å². The summed E-state index contributed by atoms with van der Waals surface area (Å²) in [5, 5.41) is 13.1. The van der Waals surface area contributed by atoms with Gasteiger partial charge in [0.2, 0.25) is 5.91 Å². The summed E-state index contributed by atoms with van der Waals surface area (Å²) in [7, 11) is -3.50. The molecule has 1 aliphatic heterocycles. The van der Waals surface area contributed by atoms with Crippen LogP contribution >= 0.6 is 0 Å². The van der Waals surface area contributed by atoms with E-state index in [2.05, 4.69) is 25.3 Å². The summed E-state index contributed by atoms with van der Waals surface area (Å²) in [6, 6.07) is 5.09. The Morgan fingerprint density at radius 3 is 3.00 bits per heavy atom. The first-order valence-corrected chi connectivity index (χ1v) is 11.7. The fourth-order valence-corrected chi connectivity index (χ4v) is 4.28. The number of rotatable bonds is 5. The fraction of sp³-hybridized carbons (Fsp3) is 0.350. The number of aromatic amines is 1. The monoisotopic (exact) mass is 439 g/mol. The standard InChI is InChI=1S/C20H21N7O3S/c1-31(29,30)16-6-9-23-20(26-16)15-11-24-19-14(5-8-22-19)18(15)25-13-3-2-10-27(12-13)17(28)4-7-21/h5-6,8-9,11,13H,2-4,10,12H2,1H3,(H2,22,24,25)/t13-/m1/s1. The number of fused-ring (bicyclic) bond motifs is 1. The Hall–Kier alpha value is -3.52. The van der Waals surface area contributed by atoms with Crippen LogP contribution < -0.4 is 5.32 Å². The zero-order valence-electron chi connectivity index (χ0n) is 16.9. The molecule has 0 aromatic carbocycles. The lowest BCUT2D eigenvalue weighted by atomic mass is 10.0. The molecule has 11 heteroatoms. The van der Waals surface area contributed by atoms with Crippen molar-refractivity contribution < 1.29 is 13.2 Å². The van der Waals surface area contributed by atoms with Crippen molar-refractivity contribution in [2.75, 3.05) is 24.7 Å². The second kappa shape index (κ2) is 8.31. The number of carbonyl (C=O) groups excluding carboxylic acids is 1. The largest absolute Gasteiger partial charge is 0.379 e. The molecule has 10 nitrogen and oxygen atoms in total. The second-order valence-corrected chi connectivity index (χ2v) is 9.40. The van der Waals surface area contributed by atoms with E-state index < -0.39 is 9.84 Å². The van der Waals surface area contributed by atoms with Crippen LogP contribution in [0.2, 0.25) is 0 Å². The minimum Gasteiger partial charge on any atom is -0.379 e. The van der Waals surface area contributed by atoms with Crippen molar-refractivity contribution in [1.82, 2.24) is 24.8 Å². The van der Waals surface area contributed by atoms with Crippen molar-refractivity contribution in [1.29, 1.82) is 5.26 Å². The predicted molar refractivity (Wildman–Crippen MR) is 114 cm³/mol. The first kappa shape index (κ1) is 20.7. The van der Waals surface area contributed by atoms with Gasteiger partial charge in [-0.1, -0.05) is 0 Å². The Morgan fingerprint density at radius 2 is 2.23 bits per heavy atom. The first-order valence-electron chi connectivity index (χ1n) is 9.77. The molecular formula is C20H21N7O3S. The third-order valence-electron chi connectivity index (χ3n) is 5.19. The molecule has 3 aromatic rings. The van der Waals surface area contributed by atoms with Crippen LogP contribution in [0.1, 0.15) is 19.3 Å². The number of amides is 1. The van der Waals surface area contributed by atoms with Crippen molar-refractivity contribution in [2.45, 2.75) is 30.3 Å². The van der Waals surface area contributed by atoms with Crippen LogP contribution in [0.5, 0.6) is 0 Å². The van der Waals surface area contributed by atoms with E-state index >= 15 is 0 Å². The maximum absolute atomic E-state index is 12.2. The zero-order chi connectivity index (χ0) is 22.0. The average Bonchev–Trinajstić information content (AvgIpc) is 3.23. The summed E-state index contributed by atoms with van der Waals surface area (Å²) in [6.45, 7) is 1.10. The SMILES string of the molecule is CS(=O)(=O)c1ccnc(-c2cnc3[nH]ccc3c2N[C@@H]2CCCN(C(=O)CC#N)C2)n1. The number of nitrogens with one attached hydrogen (secondary N) is 2. The van der Waals surface area contributed by atoms with Crippen molar-refractivity contribution in [2.24, 2.45) is 0 Å². The summed E-state index contributed by atoms with van der Waals surface area (Å²) in [4.78, 5) is 29.8. The number of nitrogens with zero attached hydrogens (tertiary/aromatic N) is 5. The molecule has 0 aliphatic carbocycles. The molecule has 0 unspecified atom stereocenters. The van der Waals surface area contributed by atoms with E-state index in [9.17, 15) is 13.2 Å². The summed E-state index contributed by atoms with van der Waals surface area (Å²) >= 11 is 0. The summed E-state index contributed by atoms with van der Waals surface area (Å²) < 4.78 is 23.9. The molecule has 0 radical (unpaired) electrons. The number of anilines is 1. The lowest BCUT2D eigenvalue weighted by Crippen LogP contribution is -2.45. The third-order valence-corrected chi connectivity index (χ3v) is 6.18. The predicted octanol–water partition coefficient (Wildman–Crippen LogP) is 1.74. The number of nitriles is 1. The summed E-state index contributed by atoms with van der Waals surface area (Å²) in [6.07, 6.45) is 7.39. The van der Waals surface area contributed by atoms with Crippen molar-refractivity contribution in [3.8, 4) is 17.5 Å². The van der Waals surface area contributed by atoms with E-state index in [1.54, 1.807) is 17.3 Å². The van der Waals surface area contributed by atoms with Gasteiger partial charge in [-0.3, -0.25) is 4.79 Å². The van der Waals surface area contributed by atoms with Crippen LogP contribution in [-0.2, 0) is 14.6 Å². The molecule has 0 spiro atoms. The van der Waals surface area contributed by atoms with Gasteiger partial charge in [0.1, 0.15) is 12.1 Å². The zero-order valence-corrected chi connectivity index (χ0v) is 17.7. The van der Waals surface area contributed by atoms with Crippen LogP contribution in [0, 0.1) is 11.3 Å². The molecule has 1 amide bonds. The fourth-order valence-electron chi connectivity index (χ4n) is 3.72. The first-order chi connectivity index (χ1) is 14.9. The van der Waals surface area contributed by atoms with Gasteiger partial charge in [0.05, 0.1) is 17.3 Å². The third kappa shape index (κ3) is 4.34. The van der Waals surface area contributed by atoms with Crippen LogP contribution in [0.25, 0.3) is 22.4 Å². The highest BCUT2D eigenvalue weighted by Gasteiger charge is 2.25. The number of hydrogen-bond acceptors (Lipinski definition) is 8. The van der Waals surface area contributed by atoms with Crippen molar-refractivity contribution in [3.05, 3.63) is 30.7 Å². The Labute approximate surface area is 179 Å². The number of carbonyl (C=O) groups is 1. The summed E-state index contributed by atoms with van der Waals surface area (Å²) in [5.74, 6) is 0.0641. The van der Waals surface area contributed by atoms with Gasteiger partial charge in [0.15, 0.2) is 20.7 Å². The molecule has 4 heterocycles. The maximum Gasteiger partial charge on any atom is 0.236 e. The molecule has 1 atom stereocenters. The number of hydrogen-bond donors (Lipinski definition) is 2. The molecule has 1 aliphatic rings. The molecule has 3 aromatic heterocycles. The number of piperidine rings is 1. The quantitative estimate of drug-likeness (QED) is 0.572. The smallest absolute Gasteiger partial charge is 0.236 e. The highest BCUT2D eigenvalue weighted by Crippen LogP contribution is 2.33. The maximum atomic E-state index is 12.2. The van der Waals surface area contributed by atoms with Crippen LogP contribution in [0.3, 0.4) is 0 Å². The minimum absolute atomic E-state index is 0.0475. The van der Waals surface area contributed by atoms with E-state index in [1.165, 1.54) is 12.3 Å². The second-order valence-electron chi connectivity index (χ2n) is 7.44. The molecule has 160 valence electrons. The number of pyridine rings is 1. The Balaban J connectivity index is 1.72. The number of sulfone groups is 1. The van der Waals surface area contributed by atoms with Gasteiger partial charge in [-0.05, 0) is 25.0 Å². The Kier molecular flexibility index (Phi) is 5.56. The summed E-state index contributed by atoms with van der Waals surface area (Å²) in [5.41, 5.74) is 1.95. The van der Waals surface area contributed by atoms with E-state index in [1.807, 2.05) is 12.1 Å². The van der Waals surface area contributed by atoms with E-state index in [0.717, 1.165) is 30.2 Å². The number of likely N-dealkylation sites (tertiary alicyclic amines) is 1. The molecule has 1 fully saturated rings. The highest BCUT2D eigenvalue weighted by atomic mass is 32.2. The topological polar surface area (TPSA) is 145 Å². The van der Waals surface area contributed by atoms with Gasteiger partial charge >= 0.3 is 0 Å². The molecule has 4 rings (SSSR count). The van der Waals surface area contributed by atoms with Crippen molar-refractivity contribution in [3.63, 3.8) is 0 Å². The van der Waals surface area contributed by atoms with Gasteiger partial charge in [-0.2, -0.15) is 5.26 Å². The lowest BCUT2D eigenvalue weighted by molar-refractivity contribution is -0.131. The van der Waals surface area contributed by atoms with Crippen LogP contribution in [-0.4, -0.2) is 64.5 Å². The van der Waals surface area contributed by atoms with Gasteiger partial charge in [0.25, 0.3) is 0 Å². The van der Waals surface area contributed by atoms with Gasteiger partial charge in [-0.15, -0.1) is 0 Å². The van der Waals surface area contributed by atoms with Gasteiger partial charge in [0, 0.05) is 49.4 Å². The number of aromatic nitrogens is 4. The van der Waals surface area contributed by atoms with Crippen molar-refractivity contribution >= 4 is 32.5 Å². The highest BCUT2D eigenvalue weighted by molar-refractivity contribution is 7.90. The molecule has 0 bridgehead atoms. The van der Waals surface area contributed by atoms with Gasteiger partial charge in [-0.25, -0.2) is 23.4 Å². The molecule has 31 heavy (non-hydrogen) atoms. The molecule has 1 saturated heterocycles. The minimum atomic E-state index is -3.50. The number of H-pyrrole nitrogens is 1. The van der Waals surface area contributed by atoms with E-state index in [-0.39, 0.29) is 29.2 Å². The van der Waals surface area contributed by atoms with Crippen LogP contribution in [0.15, 0.2) is 35.7 Å². The average molecular weight is 440 g/mol.